The van der Waals surface area contributed by atoms with Gasteiger partial charge >= 0.3 is 0 Å². The first-order chi connectivity index (χ1) is 8.98. The second-order valence-corrected chi connectivity index (χ2v) is 6.01. The summed E-state index contributed by atoms with van der Waals surface area (Å²) in [6, 6.07) is -0.651. The van der Waals surface area contributed by atoms with Gasteiger partial charge in [0.25, 0.3) is 0 Å². The molecule has 0 spiro atoms. The maximum absolute atomic E-state index is 12.1. The minimum absolute atomic E-state index is 0.102. The first-order valence-corrected chi connectivity index (χ1v) is 7.77. The Morgan fingerprint density at radius 3 is 2.63 bits per heavy atom. The summed E-state index contributed by atoms with van der Waals surface area (Å²) in [5.41, 5.74) is 6.67. The number of amides is 1. The highest BCUT2D eigenvalue weighted by atomic mass is 32.2. The van der Waals surface area contributed by atoms with Crippen LogP contribution >= 0.6 is 11.8 Å². The van der Waals surface area contributed by atoms with Crippen molar-refractivity contribution in [1.29, 1.82) is 0 Å². The van der Waals surface area contributed by atoms with Crippen LogP contribution in [0.4, 0.5) is 0 Å². The topological polar surface area (TPSA) is 72.9 Å². The third kappa shape index (κ3) is 3.98. The van der Waals surface area contributed by atoms with E-state index in [1.807, 2.05) is 0 Å². The lowest BCUT2D eigenvalue weighted by atomic mass is 10.0. The van der Waals surface area contributed by atoms with Crippen molar-refractivity contribution in [2.75, 3.05) is 12.8 Å². The molecule has 0 saturated heterocycles. The highest BCUT2D eigenvalue weighted by molar-refractivity contribution is 8.00. The maximum Gasteiger partial charge on any atom is 0.241 e. The molecule has 1 unspecified atom stereocenters. The van der Waals surface area contributed by atoms with Crippen molar-refractivity contribution in [3.05, 3.63) is 18.0 Å². The van der Waals surface area contributed by atoms with Gasteiger partial charge < -0.3 is 11.1 Å². The molecule has 0 radical (unpaired) electrons. The predicted molar refractivity (Wildman–Crippen MR) is 80.0 cm³/mol. The van der Waals surface area contributed by atoms with Gasteiger partial charge in [-0.25, -0.2) is 0 Å². The lowest BCUT2D eigenvalue weighted by molar-refractivity contribution is -0.122. The number of carbonyl (C=O) groups excluding carboxylic acids is 1. The van der Waals surface area contributed by atoms with Crippen LogP contribution in [0.15, 0.2) is 12.4 Å². The van der Waals surface area contributed by atoms with Crippen molar-refractivity contribution in [3.8, 4) is 0 Å². The van der Waals surface area contributed by atoms with E-state index in [0.717, 1.165) is 18.4 Å². The lowest BCUT2D eigenvalue weighted by Gasteiger charge is -2.30. The molecule has 1 rings (SSSR count). The Balaban J connectivity index is 2.60. The molecule has 0 aliphatic rings. The number of nitrogens with two attached hydrogens (primary N) is 1. The van der Waals surface area contributed by atoms with Gasteiger partial charge in [0.05, 0.1) is 6.20 Å². The number of carbonyl (C=O) groups is 1. The molecule has 1 heterocycles. The molecule has 1 amide bonds. The fourth-order valence-electron chi connectivity index (χ4n) is 1.97. The molecule has 6 heteroatoms. The van der Waals surface area contributed by atoms with Gasteiger partial charge in [0, 0.05) is 30.1 Å². The molecule has 0 aliphatic heterocycles. The Kier molecular flexibility index (Phi) is 5.87. The number of hydrogen-bond acceptors (Lipinski definition) is 4. The zero-order valence-electron chi connectivity index (χ0n) is 12.1. The van der Waals surface area contributed by atoms with Crippen LogP contribution in [0.3, 0.4) is 0 Å². The fraction of sp³-hybridized carbons (Fsp3) is 0.692. The van der Waals surface area contributed by atoms with Gasteiger partial charge in [-0.15, -0.1) is 0 Å². The summed E-state index contributed by atoms with van der Waals surface area (Å²) in [7, 11) is 1.81. The van der Waals surface area contributed by atoms with E-state index >= 15 is 0 Å². The van der Waals surface area contributed by atoms with Crippen LogP contribution in [0, 0.1) is 0 Å². The second-order valence-electron chi connectivity index (χ2n) is 4.74. The number of nitrogens with zero attached hydrogens (tertiary/aromatic N) is 2. The second kappa shape index (κ2) is 6.96. The van der Waals surface area contributed by atoms with Crippen LogP contribution < -0.4 is 11.1 Å². The molecule has 0 aromatic carbocycles. The fourth-order valence-corrected chi connectivity index (χ4v) is 2.76. The van der Waals surface area contributed by atoms with Gasteiger partial charge in [0.2, 0.25) is 5.91 Å². The van der Waals surface area contributed by atoms with Gasteiger partial charge in [0.1, 0.15) is 6.04 Å². The molecule has 0 aliphatic carbocycles. The first-order valence-electron chi connectivity index (χ1n) is 6.55. The maximum atomic E-state index is 12.1. The Morgan fingerprint density at radius 1 is 1.58 bits per heavy atom. The van der Waals surface area contributed by atoms with E-state index in [9.17, 15) is 4.79 Å². The van der Waals surface area contributed by atoms with Crippen LogP contribution in [-0.4, -0.2) is 33.2 Å². The molecular formula is C13H24N4OS. The monoisotopic (exact) mass is 284 g/mol. The molecular weight excluding hydrogens is 260 g/mol. The molecule has 1 aromatic rings. The van der Waals surface area contributed by atoms with Crippen molar-refractivity contribution < 1.29 is 4.79 Å². The Bertz CT molecular complexity index is 406. The Labute approximate surface area is 119 Å². The molecule has 0 bridgehead atoms. The number of hydrogen-bond donors (Lipinski definition) is 2. The molecule has 19 heavy (non-hydrogen) atoms. The van der Waals surface area contributed by atoms with Crippen molar-refractivity contribution >= 4 is 17.7 Å². The van der Waals surface area contributed by atoms with Gasteiger partial charge in [-0.05, 0) is 19.1 Å². The third-order valence-corrected chi connectivity index (χ3v) is 5.26. The summed E-state index contributed by atoms with van der Waals surface area (Å²) in [5.74, 6) is -0.145. The molecule has 1 aromatic heterocycles. The molecule has 0 saturated carbocycles. The molecule has 5 nitrogen and oxygen atoms in total. The summed E-state index contributed by atoms with van der Waals surface area (Å²) >= 11 is 1.80. The Hall–Kier alpha value is -1.01. The average molecular weight is 284 g/mol. The van der Waals surface area contributed by atoms with E-state index in [1.54, 1.807) is 35.9 Å². The standard InChI is InChI=1S/C13H24N4OS/c1-5-13(6-2,19-4)9-15-12(18)11(14)10-7-16-17(3)8-10/h7-8,11H,5-6,9,14H2,1-4H3,(H,15,18). The van der Waals surface area contributed by atoms with Crippen LogP contribution in [0.25, 0.3) is 0 Å². The summed E-state index contributed by atoms with van der Waals surface area (Å²) in [5, 5.41) is 6.99. The highest BCUT2D eigenvalue weighted by Gasteiger charge is 2.27. The van der Waals surface area contributed by atoms with E-state index < -0.39 is 6.04 Å². The number of nitrogens with one attached hydrogen (secondary N) is 1. The van der Waals surface area contributed by atoms with Crippen molar-refractivity contribution in [2.45, 2.75) is 37.5 Å². The third-order valence-electron chi connectivity index (χ3n) is 3.67. The van der Waals surface area contributed by atoms with Crippen molar-refractivity contribution in [3.63, 3.8) is 0 Å². The van der Waals surface area contributed by atoms with E-state index in [4.69, 9.17) is 5.73 Å². The van der Waals surface area contributed by atoms with E-state index in [2.05, 4.69) is 30.5 Å². The predicted octanol–water partition coefficient (Wildman–Crippen LogP) is 1.46. The number of aryl methyl sites for hydroxylation is 1. The van der Waals surface area contributed by atoms with E-state index in [-0.39, 0.29) is 10.7 Å². The summed E-state index contributed by atoms with van der Waals surface area (Å²) < 4.78 is 1.75. The summed E-state index contributed by atoms with van der Waals surface area (Å²) in [4.78, 5) is 12.1. The van der Waals surface area contributed by atoms with Crippen LogP contribution in [-0.2, 0) is 11.8 Å². The van der Waals surface area contributed by atoms with Crippen molar-refractivity contribution in [1.82, 2.24) is 15.1 Å². The van der Waals surface area contributed by atoms with Crippen LogP contribution in [0.1, 0.15) is 38.3 Å². The highest BCUT2D eigenvalue weighted by Crippen LogP contribution is 2.29. The lowest BCUT2D eigenvalue weighted by Crippen LogP contribution is -2.43. The normalized spacial score (nSPS) is 13.3. The smallest absolute Gasteiger partial charge is 0.241 e. The minimum atomic E-state index is -0.651. The summed E-state index contributed by atoms with van der Waals surface area (Å²) in [6.07, 6.45) is 7.53. The van der Waals surface area contributed by atoms with E-state index in [1.165, 1.54) is 0 Å². The quantitative estimate of drug-likeness (QED) is 0.795. The van der Waals surface area contributed by atoms with Gasteiger partial charge in [-0.2, -0.15) is 16.9 Å². The largest absolute Gasteiger partial charge is 0.353 e. The summed E-state index contributed by atoms with van der Waals surface area (Å²) in [6.45, 7) is 4.94. The molecule has 108 valence electrons. The number of aromatic nitrogens is 2. The molecule has 3 N–H and O–H groups in total. The minimum Gasteiger partial charge on any atom is -0.353 e. The molecule has 1 atom stereocenters. The van der Waals surface area contributed by atoms with Gasteiger partial charge in [-0.3, -0.25) is 9.48 Å². The van der Waals surface area contributed by atoms with Crippen LogP contribution in [0.2, 0.25) is 0 Å². The SMILES string of the molecule is CCC(CC)(CNC(=O)C(N)c1cnn(C)c1)SC. The van der Waals surface area contributed by atoms with Crippen molar-refractivity contribution in [2.24, 2.45) is 12.8 Å². The number of rotatable bonds is 7. The molecule has 0 fully saturated rings. The number of thioether (sulfide) groups is 1. The first kappa shape index (κ1) is 16.0. The zero-order chi connectivity index (χ0) is 14.5. The van der Waals surface area contributed by atoms with Gasteiger partial charge in [-0.1, -0.05) is 13.8 Å². The van der Waals surface area contributed by atoms with E-state index in [0.29, 0.717) is 6.54 Å². The Morgan fingerprint density at radius 2 is 2.21 bits per heavy atom. The van der Waals surface area contributed by atoms with Crippen LogP contribution in [0.5, 0.6) is 0 Å². The average Bonchev–Trinajstić information content (AvgIpc) is 2.86. The van der Waals surface area contributed by atoms with Gasteiger partial charge in [0.15, 0.2) is 0 Å². The zero-order valence-corrected chi connectivity index (χ0v) is 13.0.